The van der Waals surface area contributed by atoms with Crippen molar-refractivity contribution < 1.29 is 19.5 Å². The van der Waals surface area contributed by atoms with Gasteiger partial charge in [-0.25, -0.2) is 0 Å². The molecule has 0 aromatic rings. The van der Waals surface area contributed by atoms with Gasteiger partial charge >= 0.3 is 0 Å². The van der Waals surface area contributed by atoms with Crippen LogP contribution in [0.25, 0.3) is 0 Å². The van der Waals surface area contributed by atoms with Crippen LogP contribution in [0.3, 0.4) is 0 Å². The molecule has 4 heteroatoms. The van der Waals surface area contributed by atoms with E-state index in [1.54, 1.807) is 4.90 Å². The predicted molar refractivity (Wildman–Crippen MR) is 47.3 cm³/mol. The summed E-state index contributed by atoms with van der Waals surface area (Å²) in [5.41, 5.74) is 0. The van der Waals surface area contributed by atoms with E-state index in [0.717, 1.165) is 19.1 Å². The van der Waals surface area contributed by atoms with Gasteiger partial charge in [0.05, 0.1) is 20.6 Å². The lowest BCUT2D eigenvalue weighted by Gasteiger charge is -2.22. The van der Waals surface area contributed by atoms with Crippen molar-refractivity contribution >= 4 is 6.47 Å². The van der Waals surface area contributed by atoms with Gasteiger partial charge in [-0.15, -0.1) is 0 Å². The Labute approximate surface area is 79.5 Å². The lowest BCUT2D eigenvalue weighted by molar-refractivity contribution is -0.862. The molecule has 4 nitrogen and oxygen atoms in total. The largest absolute Gasteiger partial charge is 0.554 e. The van der Waals surface area contributed by atoms with E-state index in [9.17, 15) is 0 Å². The molecule has 78 valence electrons. The third-order valence-corrected chi connectivity index (χ3v) is 2.04. The minimum Gasteiger partial charge on any atom is -0.554 e. The monoisotopic (exact) mass is 189 g/mol. The summed E-state index contributed by atoms with van der Waals surface area (Å²) < 4.78 is 5.27. The summed E-state index contributed by atoms with van der Waals surface area (Å²) in [4.78, 5) is 9.81. The third-order valence-electron chi connectivity index (χ3n) is 2.04. The first-order valence-corrected chi connectivity index (χ1v) is 4.63. The lowest BCUT2D eigenvalue weighted by atomic mass is 10.0. The molecule has 0 aromatic carbocycles. The number of hydrogen-bond acceptors (Lipinski definition) is 3. The van der Waals surface area contributed by atoms with Gasteiger partial charge in [0.2, 0.25) is 0 Å². The van der Waals surface area contributed by atoms with E-state index in [2.05, 4.69) is 14.1 Å². The third kappa shape index (κ3) is 7.74. The summed E-state index contributed by atoms with van der Waals surface area (Å²) in [5.74, 6) is 0.916. The summed E-state index contributed by atoms with van der Waals surface area (Å²) in [7, 11) is 4.44. The van der Waals surface area contributed by atoms with Crippen LogP contribution < -0.4 is 10.0 Å². The van der Waals surface area contributed by atoms with Crippen molar-refractivity contribution in [2.24, 2.45) is 5.92 Å². The fraction of sp³-hybridized carbons (Fsp3) is 0.889. The molecule has 1 heterocycles. The highest BCUT2D eigenvalue weighted by atomic mass is 16.5. The van der Waals surface area contributed by atoms with Crippen LogP contribution in [0.2, 0.25) is 0 Å². The maximum absolute atomic E-state index is 8.25. The number of nitrogens with one attached hydrogen (secondary N) is 1. The Morgan fingerprint density at radius 3 is 2.31 bits per heavy atom. The average Bonchev–Trinajstić information content (AvgIpc) is 2.06. The number of carboxylic acid groups (broad SMARTS) is 1. The summed E-state index contributed by atoms with van der Waals surface area (Å²) in [6.45, 7) is 2.78. The Morgan fingerprint density at radius 1 is 1.46 bits per heavy atom. The molecule has 1 rings (SSSR count). The predicted octanol–water partition coefficient (Wildman–Crippen LogP) is -2.08. The van der Waals surface area contributed by atoms with Gasteiger partial charge in [-0.3, -0.25) is 0 Å². The minimum atomic E-state index is -0.500. The fourth-order valence-electron chi connectivity index (χ4n) is 1.53. The quantitative estimate of drug-likeness (QED) is 0.507. The molecule has 0 amide bonds. The van der Waals surface area contributed by atoms with Crippen molar-refractivity contribution in [3.05, 3.63) is 0 Å². The van der Waals surface area contributed by atoms with Gasteiger partial charge < -0.3 is 19.5 Å². The highest BCUT2D eigenvalue weighted by molar-refractivity contribution is 5.29. The Hall–Kier alpha value is -0.610. The Morgan fingerprint density at radius 2 is 1.92 bits per heavy atom. The number of carbonyl (C=O) groups is 1. The molecule has 0 radical (unpaired) electrons. The lowest BCUT2D eigenvalue weighted by Crippen LogP contribution is -3.06. The fourth-order valence-corrected chi connectivity index (χ4v) is 1.53. The smallest absolute Gasteiger partial charge is 0.0797 e. The number of ether oxygens (including phenoxy) is 1. The molecule has 0 atom stereocenters. The first-order valence-electron chi connectivity index (χ1n) is 4.63. The zero-order valence-electron chi connectivity index (χ0n) is 8.41. The van der Waals surface area contributed by atoms with Gasteiger partial charge in [0, 0.05) is 25.6 Å². The van der Waals surface area contributed by atoms with E-state index in [1.807, 2.05) is 0 Å². The second kappa shape index (κ2) is 8.01. The molecule has 1 fully saturated rings. The van der Waals surface area contributed by atoms with E-state index in [1.165, 1.54) is 19.4 Å². The van der Waals surface area contributed by atoms with Gasteiger partial charge in [-0.2, -0.15) is 0 Å². The molecule has 0 spiro atoms. The summed E-state index contributed by atoms with van der Waals surface area (Å²) >= 11 is 0. The molecule has 1 aliphatic heterocycles. The van der Waals surface area contributed by atoms with Crippen LogP contribution in [-0.2, 0) is 9.53 Å². The normalized spacial score (nSPS) is 17.8. The molecule has 1 N–H and O–H groups in total. The summed E-state index contributed by atoms with van der Waals surface area (Å²) in [6, 6.07) is 0. The van der Waals surface area contributed by atoms with Crippen LogP contribution >= 0.6 is 0 Å². The topological polar surface area (TPSA) is 53.8 Å². The molecule has 0 bridgehead atoms. The SMILES string of the molecule is C[NH+](C)CC1CCOCC1.O=C[O-]. The molecule has 1 saturated heterocycles. The van der Waals surface area contributed by atoms with Gasteiger partial charge in [0.15, 0.2) is 0 Å². The summed E-state index contributed by atoms with van der Waals surface area (Å²) in [6.07, 6.45) is 2.54. The molecule has 0 unspecified atom stereocenters. The molecule has 0 aromatic heterocycles. The van der Waals surface area contributed by atoms with Gasteiger partial charge in [0.25, 0.3) is 0 Å². The summed E-state index contributed by atoms with van der Waals surface area (Å²) in [5, 5.41) is 8.25. The second-order valence-electron chi connectivity index (χ2n) is 3.56. The van der Waals surface area contributed by atoms with Gasteiger partial charge in [-0.1, -0.05) is 0 Å². The van der Waals surface area contributed by atoms with E-state index in [0.29, 0.717) is 0 Å². The standard InChI is InChI=1S/C8H17NO.CH2O2/c1-9(2)7-8-3-5-10-6-4-8;2-1-3/h8H,3-7H2,1-2H3;1H,(H,2,3). The molecule has 0 aliphatic carbocycles. The Balaban J connectivity index is 0.000000424. The van der Waals surface area contributed by atoms with E-state index in [4.69, 9.17) is 14.6 Å². The van der Waals surface area contributed by atoms with Crippen molar-refractivity contribution in [1.29, 1.82) is 0 Å². The average molecular weight is 189 g/mol. The van der Waals surface area contributed by atoms with Crippen LogP contribution in [0, 0.1) is 5.92 Å². The van der Waals surface area contributed by atoms with Gasteiger partial charge in [-0.05, 0) is 12.8 Å². The highest BCUT2D eigenvalue weighted by Gasteiger charge is 2.15. The van der Waals surface area contributed by atoms with E-state index < -0.39 is 6.47 Å². The molecular weight excluding hydrogens is 170 g/mol. The van der Waals surface area contributed by atoms with E-state index >= 15 is 0 Å². The molecular formula is C9H19NO3. The molecule has 0 saturated carbocycles. The first kappa shape index (κ1) is 12.4. The van der Waals surface area contributed by atoms with Gasteiger partial charge in [0.1, 0.15) is 0 Å². The van der Waals surface area contributed by atoms with Crippen LogP contribution in [0.15, 0.2) is 0 Å². The minimum absolute atomic E-state index is 0.500. The first-order chi connectivity index (χ1) is 6.20. The van der Waals surface area contributed by atoms with Crippen molar-refractivity contribution in [3.63, 3.8) is 0 Å². The van der Waals surface area contributed by atoms with Crippen molar-refractivity contribution in [1.82, 2.24) is 0 Å². The van der Waals surface area contributed by atoms with Crippen LogP contribution in [0.1, 0.15) is 12.8 Å². The number of quaternary nitrogens is 1. The zero-order chi connectivity index (χ0) is 10.1. The number of hydrogen-bond donors (Lipinski definition) is 1. The Bertz CT molecular complexity index is 122. The van der Waals surface area contributed by atoms with Crippen molar-refractivity contribution in [3.8, 4) is 0 Å². The Kier molecular flexibility index (Phi) is 7.63. The van der Waals surface area contributed by atoms with Crippen LogP contribution in [0.4, 0.5) is 0 Å². The van der Waals surface area contributed by atoms with Crippen LogP contribution in [0.5, 0.6) is 0 Å². The van der Waals surface area contributed by atoms with E-state index in [-0.39, 0.29) is 0 Å². The van der Waals surface area contributed by atoms with Crippen molar-refractivity contribution in [2.45, 2.75) is 12.8 Å². The molecule has 13 heavy (non-hydrogen) atoms. The van der Waals surface area contributed by atoms with Crippen LogP contribution in [-0.4, -0.2) is 40.3 Å². The zero-order valence-corrected chi connectivity index (χ0v) is 8.41. The number of rotatable bonds is 2. The maximum Gasteiger partial charge on any atom is 0.0797 e. The number of carbonyl (C=O) groups excluding carboxylic acids is 1. The maximum atomic E-state index is 8.25. The van der Waals surface area contributed by atoms with Crippen molar-refractivity contribution in [2.75, 3.05) is 33.9 Å². The molecule has 1 aliphatic rings. The highest BCUT2D eigenvalue weighted by Crippen LogP contribution is 2.11. The second-order valence-corrected chi connectivity index (χ2v) is 3.56.